The summed E-state index contributed by atoms with van der Waals surface area (Å²) in [7, 11) is 0. The predicted octanol–water partition coefficient (Wildman–Crippen LogP) is 2.27. The van der Waals surface area contributed by atoms with Gasteiger partial charge in [-0.3, -0.25) is 0 Å². The van der Waals surface area contributed by atoms with Crippen LogP contribution < -0.4 is 5.32 Å². The van der Waals surface area contributed by atoms with E-state index in [0.717, 1.165) is 30.8 Å². The molecule has 1 atom stereocenters. The van der Waals surface area contributed by atoms with Crippen LogP contribution in [0.3, 0.4) is 0 Å². The standard InChI is InChI=1S/C16H25N3O3/c1-12-10-14(22-18-12)7-8-17-16(20)19-9-3-6-15(11-19)21-13-4-2-5-13/h10,13,15H,2-9,11H2,1H3,(H,17,20). The van der Waals surface area contributed by atoms with Crippen molar-refractivity contribution in [2.75, 3.05) is 19.6 Å². The Morgan fingerprint density at radius 3 is 2.91 bits per heavy atom. The van der Waals surface area contributed by atoms with Gasteiger partial charge in [0.1, 0.15) is 5.76 Å². The first-order valence-corrected chi connectivity index (χ1v) is 8.31. The Balaban J connectivity index is 1.39. The van der Waals surface area contributed by atoms with Crippen molar-refractivity contribution < 1.29 is 14.1 Å². The van der Waals surface area contributed by atoms with Crippen LogP contribution in [0.15, 0.2) is 10.6 Å². The molecule has 1 N–H and O–H groups in total. The van der Waals surface area contributed by atoms with Gasteiger partial charge >= 0.3 is 6.03 Å². The zero-order valence-corrected chi connectivity index (χ0v) is 13.2. The minimum Gasteiger partial charge on any atom is -0.373 e. The largest absolute Gasteiger partial charge is 0.373 e. The maximum Gasteiger partial charge on any atom is 0.317 e. The fourth-order valence-electron chi connectivity index (χ4n) is 2.95. The average Bonchev–Trinajstić information content (AvgIpc) is 2.89. The van der Waals surface area contributed by atoms with Gasteiger partial charge < -0.3 is 19.5 Å². The van der Waals surface area contributed by atoms with Crippen molar-refractivity contribution >= 4 is 6.03 Å². The van der Waals surface area contributed by atoms with Crippen LogP contribution >= 0.6 is 0 Å². The molecule has 1 aromatic heterocycles. The molecule has 1 saturated heterocycles. The van der Waals surface area contributed by atoms with E-state index in [1.807, 2.05) is 17.9 Å². The number of ether oxygens (including phenoxy) is 1. The number of rotatable bonds is 5. The molecule has 6 heteroatoms. The molecule has 0 spiro atoms. The summed E-state index contributed by atoms with van der Waals surface area (Å²) in [5.74, 6) is 0.808. The van der Waals surface area contributed by atoms with Crippen molar-refractivity contribution in [1.29, 1.82) is 0 Å². The molecule has 2 aliphatic rings. The summed E-state index contributed by atoms with van der Waals surface area (Å²) < 4.78 is 11.2. The van der Waals surface area contributed by atoms with Crippen LogP contribution in [0.5, 0.6) is 0 Å². The molecular weight excluding hydrogens is 282 g/mol. The van der Waals surface area contributed by atoms with Gasteiger partial charge in [-0.15, -0.1) is 0 Å². The Bertz CT molecular complexity index is 499. The number of hydrogen-bond donors (Lipinski definition) is 1. The lowest BCUT2D eigenvalue weighted by Gasteiger charge is -2.37. The zero-order valence-electron chi connectivity index (χ0n) is 13.2. The number of carbonyl (C=O) groups is 1. The first kappa shape index (κ1) is 15.3. The van der Waals surface area contributed by atoms with E-state index in [-0.39, 0.29) is 12.1 Å². The van der Waals surface area contributed by atoms with Crippen molar-refractivity contribution in [3.63, 3.8) is 0 Å². The second-order valence-corrected chi connectivity index (χ2v) is 6.32. The normalized spacial score (nSPS) is 22.4. The van der Waals surface area contributed by atoms with Crippen LogP contribution in [0, 0.1) is 6.92 Å². The molecule has 3 rings (SSSR count). The molecule has 0 bridgehead atoms. The highest BCUT2D eigenvalue weighted by Gasteiger charge is 2.28. The van der Waals surface area contributed by atoms with Crippen LogP contribution in [0.2, 0.25) is 0 Å². The third-order valence-corrected chi connectivity index (χ3v) is 4.43. The van der Waals surface area contributed by atoms with E-state index in [9.17, 15) is 4.79 Å². The van der Waals surface area contributed by atoms with Gasteiger partial charge in [-0.2, -0.15) is 0 Å². The van der Waals surface area contributed by atoms with Gasteiger partial charge in [-0.1, -0.05) is 5.16 Å². The molecule has 2 heterocycles. The molecule has 1 aliphatic carbocycles. The van der Waals surface area contributed by atoms with Gasteiger partial charge in [0.05, 0.1) is 17.9 Å². The van der Waals surface area contributed by atoms with Crippen molar-refractivity contribution in [1.82, 2.24) is 15.4 Å². The van der Waals surface area contributed by atoms with E-state index in [1.54, 1.807) is 0 Å². The van der Waals surface area contributed by atoms with Gasteiger partial charge in [-0.25, -0.2) is 4.79 Å². The molecule has 1 unspecified atom stereocenters. The van der Waals surface area contributed by atoms with Crippen molar-refractivity contribution in [2.45, 2.75) is 57.7 Å². The highest BCUT2D eigenvalue weighted by atomic mass is 16.5. The topological polar surface area (TPSA) is 67.6 Å². The lowest BCUT2D eigenvalue weighted by Crippen LogP contribution is -2.49. The number of likely N-dealkylation sites (tertiary alicyclic amines) is 1. The van der Waals surface area contributed by atoms with E-state index >= 15 is 0 Å². The third-order valence-electron chi connectivity index (χ3n) is 4.43. The summed E-state index contributed by atoms with van der Waals surface area (Å²) in [6.07, 6.45) is 7.04. The lowest BCUT2D eigenvalue weighted by atomic mass is 9.95. The van der Waals surface area contributed by atoms with Gasteiger partial charge in [0, 0.05) is 32.1 Å². The monoisotopic (exact) mass is 307 g/mol. The average molecular weight is 307 g/mol. The molecule has 122 valence electrons. The lowest BCUT2D eigenvalue weighted by molar-refractivity contribution is -0.0720. The summed E-state index contributed by atoms with van der Waals surface area (Å²) in [5.41, 5.74) is 0.869. The van der Waals surface area contributed by atoms with Crippen LogP contribution in [0.25, 0.3) is 0 Å². The first-order chi connectivity index (χ1) is 10.7. The van der Waals surface area contributed by atoms with E-state index < -0.39 is 0 Å². The van der Waals surface area contributed by atoms with Crippen LogP contribution in [0.1, 0.15) is 43.6 Å². The summed E-state index contributed by atoms with van der Waals surface area (Å²) in [5, 5.41) is 6.80. The minimum absolute atomic E-state index is 0.00172. The number of piperidine rings is 1. The molecule has 0 radical (unpaired) electrons. The molecule has 22 heavy (non-hydrogen) atoms. The van der Waals surface area contributed by atoms with Gasteiger partial charge in [0.15, 0.2) is 0 Å². The zero-order chi connectivity index (χ0) is 15.4. The number of amides is 2. The van der Waals surface area contributed by atoms with E-state index in [4.69, 9.17) is 9.26 Å². The number of nitrogens with one attached hydrogen (secondary N) is 1. The second kappa shape index (κ2) is 7.13. The van der Waals surface area contributed by atoms with E-state index in [1.165, 1.54) is 19.3 Å². The summed E-state index contributed by atoms with van der Waals surface area (Å²) in [4.78, 5) is 14.1. The molecule has 1 aromatic rings. The van der Waals surface area contributed by atoms with Gasteiger partial charge in [0.25, 0.3) is 0 Å². The highest BCUT2D eigenvalue weighted by Crippen LogP contribution is 2.26. The van der Waals surface area contributed by atoms with Crippen LogP contribution in [0.4, 0.5) is 4.79 Å². The van der Waals surface area contributed by atoms with Gasteiger partial charge in [0.2, 0.25) is 0 Å². The number of urea groups is 1. The number of carbonyl (C=O) groups excluding carboxylic acids is 1. The Kier molecular flexibility index (Phi) is 4.97. The maximum absolute atomic E-state index is 12.2. The Hall–Kier alpha value is -1.56. The summed E-state index contributed by atoms with van der Waals surface area (Å²) in [6.45, 7) is 3.99. The van der Waals surface area contributed by atoms with E-state index in [0.29, 0.717) is 25.6 Å². The van der Waals surface area contributed by atoms with Crippen molar-refractivity contribution in [2.24, 2.45) is 0 Å². The summed E-state index contributed by atoms with van der Waals surface area (Å²) in [6, 6.07) is 1.90. The maximum atomic E-state index is 12.2. The number of aromatic nitrogens is 1. The second-order valence-electron chi connectivity index (χ2n) is 6.32. The summed E-state index contributed by atoms with van der Waals surface area (Å²) >= 11 is 0. The molecule has 0 aromatic carbocycles. The predicted molar refractivity (Wildman–Crippen MR) is 81.7 cm³/mol. The fourth-order valence-corrected chi connectivity index (χ4v) is 2.95. The smallest absolute Gasteiger partial charge is 0.317 e. The van der Waals surface area contributed by atoms with Crippen molar-refractivity contribution in [3.05, 3.63) is 17.5 Å². The van der Waals surface area contributed by atoms with Crippen molar-refractivity contribution in [3.8, 4) is 0 Å². The first-order valence-electron chi connectivity index (χ1n) is 8.31. The Labute approximate surface area is 131 Å². The SMILES string of the molecule is Cc1cc(CCNC(=O)N2CCCC(OC3CCC3)C2)on1. The molecule has 1 aliphatic heterocycles. The fraction of sp³-hybridized carbons (Fsp3) is 0.750. The number of hydrogen-bond acceptors (Lipinski definition) is 4. The molecular formula is C16H25N3O3. The van der Waals surface area contributed by atoms with Crippen LogP contribution in [-0.4, -0.2) is 47.9 Å². The van der Waals surface area contributed by atoms with E-state index in [2.05, 4.69) is 10.5 Å². The molecule has 2 fully saturated rings. The molecule has 1 saturated carbocycles. The Morgan fingerprint density at radius 1 is 1.41 bits per heavy atom. The molecule has 2 amide bonds. The van der Waals surface area contributed by atoms with Gasteiger partial charge in [-0.05, 0) is 39.0 Å². The minimum atomic E-state index is -0.00172. The number of aryl methyl sites for hydroxylation is 1. The quantitative estimate of drug-likeness (QED) is 0.906. The Morgan fingerprint density at radius 2 is 2.23 bits per heavy atom. The highest BCUT2D eigenvalue weighted by molar-refractivity contribution is 5.74. The number of nitrogens with zero attached hydrogens (tertiary/aromatic N) is 2. The molecule has 6 nitrogen and oxygen atoms in total. The third kappa shape index (κ3) is 4.00. The van der Waals surface area contributed by atoms with Crippen LogP contribution in [-0.2, 0) is 11.2 Å².